The number of halogens is 2. The molecule has 0 bridgehead atoms. The summed E-state index contributed by atoms with van der Waals surface area (Å²) >= 11 is 9.53. The molecule has 0 aromatic heterocycles. The maximum absolute atomic E-state index is 6.03. The van der Waals surface area contributed by atoms with Gasteiger partial charge < -0.3 is 10.2 Å². The van der Waals surface area contributed by atoms with E-state index in [4.69, 9.17) is 11.6 Å². The molecule has 1 atom stereocenters. The summed E-state index contributed by atoms with van der Waals surface area (Å²) in [5.74, 6) is 0.792. The molecule has 18 heavy (non-hydrogen) atoms. The van der Waals surface area contributed by atoms with E-state index in [-0.39, 0.29) is 0 Å². The molecule has 98 valence electrons. The Morgan fingerprint density at radius 2 is 2.17 bits per heavy atom. The zero-order valence-electron chi connectivity index (χ0n) is 10.3. The molecule has 1 saturated carbocycles. The van der Waals surface area contributed by atoms with Gasteiger partial charge in [0.1, 0.15) is 0 Å². The predicted octanol–water partition coefficient (Wildman–Crippen LogP) is 3.68. The Morgan fingerprint density at radius 3 is 2.89 bits per heavy atom. The van der Waals surface area contributed by atoms with Crippen LogP contribution in [0, 0.1) is 5.92 Å². The minimum absolute atomic E-state index is 0.782. The monoisotopic (exact) mass is 328 g/mol. The Hall–Kier alpha value is -0.250. The smallest absolute Gasteiger partial charge is 0.0549 e. The number of rotatable bonds is 4. The zero-order valence-corrected chi connectivity index (χ0v) is 12.7. The first-order valence-electron chi connectivity index (χ1n) is 6.66. The summed E-state index contributed by atoms with van der Waals surface area (Å²) in [7, 11) is 0. The van der Waals surface area contributed by atoms with E-state index in [1.54, 1.807) is 0 Å². The van der Waals surface area contributed by atoms with E-state index in [1.165, 1.54) is 31.5 Å². The molecule has 1 unspecified atom stereocenters. The average Bonchev–Trinajstić information content (AvgIpc) is 3.08. The summed E-state index contributed by atoms with van der Waals surface area (Å²) in [6.45, 7) is 3.49. The lowest BCUT2D eigenvalue weighted by Gasteiger charge is -2.19. The minimum atomic E-state index is 0.782. The largest absolute Gasteiger partial charge is 0.371 e. The molecule has 0 amide bonds. The highest BCUT2D eigenvalue weighted by Crippen LogP contribution is 2.30. The van der Waals surface area contributed by atoms with Crippen LogP contribution < -0.4 is 10.2 Å². The number of hydrogen-bond acceptors (Lipinski definition) is 2. The average molecular weight is 330 g/mol. The number of hydrogen-bond donors (Lipinski definition) is 1. The Morgan fingerprint density at radius 1 is 1.33 bits per heavy atom. The van der Waals surface area contributed by atoms with Crippen molar-refractivity contribution in [1.29, 1.82) is 0 Å². The Labute approximate surface area is 122 Å². The van der Waals surface area contributed by atoms with Crippen molar-refractivity contribution in [2.45, 2.75) is 25.3 Å². The van der Waals surface area contributed by atoms with E-state index in [2.05, 4.69) is 38.3 Å². The fourth-order valence-corrected chi connectivity index (χ4v) is 3.02. The zero-order chi connectivity index (χ0) is 12.5. The van der Waals surface area contributed by atoms with Gasteiger partial charge in [-0.05, 0) is 65.9 Å². The summed E-state index contributed by atoms with van der Waals surface area (Å²) in [6.07, 6.45) is 4.04. The van der Waals surface area contributed by atoms with Crippen molar-refractivity contribution in [2.75, 3.05) is 24.5 Å². The van der Waals surface area contributed by atoms with Gasteiger partial charge >= 0.3 is 0 Å². The molecule has 1 aliphatic carbocycles. The third-order valence-electron chi connectivity index (χ3n) is 3.83. The van der Waals surface area contributed by atoms with Crippen molar-refractivity contribution >= 4 is 33.2 Å². The van der Waals surface area contributed by atoms with E-state index in [9.17, 15) is 0 Å². The van der Waals surface area contributed by atoms with Crippen molar-refractivity contribution in [2.24, 2.45) is 5.92 Å². The normalized spacial score (nSPS) is 23.7. The van der Waals surface area contributed by atoms with Crippen molar-refractivity contribution < 1.29 is 0 Å². The Kier molecular flexibility index (Phi) is 3.83. The summed E-state index contributed by atoms with van der Waals surface area (Å²) in [5.41, 5.74) is 1.28. The third kappa shape index (κ3) is 3.01. The molecule has 0 radical (unpaired) electrons. The standard InChI is InChI=1S/C14H18BrClN2/c15-13-7-12(3-4-14(13)16)18-6-5-10(9-18)8-17-11-1-2-11/h3-4,7,10-11,17H,1-2,5-6,8-9H2. The van der Waals surface area contributed by atoms with Gasteiger partial charge in [0, 0.05) is 29.3 Å². The first-order chi connectivity index (χ1) is 8.72. The first kappa shape index (κ1) is 12.8. The van der Waals surface area contributed by atoms with Crippen LogP contribution in [0.2, 0.25) is 5.02 Å². The van der Waals surface area contributed by atoms with Gasteiger partial charge in [0.2, 0.25) is 0 Å². The van der Waals surface area contributed by atoms with E-state index in [0.29, 0.717) is 0 Å². The molecule has 1 N–H and O–H groups in total. The van der Waals surface area contributed by atoms with Crippen molar-refractivity contribution in [3.05, 3.63) is 27.7 Å². The molecule has 2 aliphatic rings. The molecule has 2 nitrogen and oxygen atoms in total. The second-order valence-corrected chi connectivity index (χ2v) is 6.64. The Bertz CT molecular complexity index is 434. The van der Waals surface area contributed by atoms with Crippen LogP contribution in [0.5, 0.6) is 0 Å². The van der Waals surface area contributed by atoms with Gasteiger partial charge in [-0.2, -0.15) is 0 Å². The third-order valence-corrected chi connectivity index (χ3v) is 5.04. The molecule has 4 heteroatoms. The van der Waals surface area contributed by atoms with Gasteiger partial charge in [0.25, 0.3) is 0 Å². The maximum atomic E-state index is 6.03. The van der Waals surface area contributed by atoms with Crippen molar-refractivity contribution in [1.82, 2.24) is 5.32 Å². The lowest BCUT2D eigenvalue weighted by atomic mass is 10.1. The molecule has 3 rings (SSSR count). The second-order valence-electron chi connectivity index (χ2n) is 5.38. The fourth-order valence-electron chi connectivity index (χ4n) is 2.54. The minimum Gasteiger partial charge on any atom is -0.371 e. The lowest BCUT2D eigenvalue weighted by Crippen LogP contribution is -2.27. The van der Waals surface area contributed by atoms with Crippen LogP contribution in [-0.2, 0) is 0 Å². The molecule has 1 aromatic rings. The fraction of sp³-hybridized carbons (Fsp3) is 0.571. The molecule has 1 heterocycles. The summed E-state index contributed by atoms with van der Waals surface area (Å²) in [6, 6.07) is 7.03. The number of anilines is 1. The number of benzene rings is 1. The van der Waals surface area contributed by atoms with E-state index < -0.39 is 0 Å². The van der Waals surface area contributed by atoms with E-state index in [1.807, 2.05) is 6.07 Å². The predicted molar refractivity (Wildman–Crippen MR) is 80.5 cm³/mol. The maximum Gasteiger partial charge on any atom is 0.0549 e. The summed E-state index contributed by atoms with van der Waals surface area (Å²) in [4.78, 5) is 2.46. The van der Waals surface area contributed by atoms with Crippen molar-refractivity contribution in [3.63, 3.8) is 0 Å². The molecule has 1 aromatic carbocycles. The van der Waals surface area contributed by atoms with Crippen LogP contribution >= 0.6 is 27.5 Å². The number of nitrogens with one attached hydrogen (secondary N) is 1. The van der Waals surface area contributed by atoms with Crippen LogP contribution in [0.25, 0.3) is 0 Å². The quantitative estimate of drug-likeness (QED) is 0.906. The van der Waals surface area contributed by atoms with Crippen LogP contribution in [-0.4, -0.2) is 25.7 Å². The highest BCUT2D eigenvalue weighted by atomic mass is 79.9. The molecule has 2 fully saturated rings. The topological polar surface area (TPSA) is 15.3 Å². The summed E-state index contributed by atoms with van der Waals surface area (Å²) in [5, 5.41) is 4.42. The molecule has 1 saturated heterocycles. The van der Waals surface area contributed by atoms with Gasteiger partial charge in [-0.15, -0.1) is 0 Å². The van der Waals surface area contributed by atoms with E-state index in [0.717, 1.165) is 34.5 Å². The van der Waals surface area contributed by atoms with E-state index >= 15 is 0 Å². The van der Waals surface area contributed by atoms with Crippen LogP contribution in [0.4, 0.5) is 5.69 Å². The van der Waals surface area contributed by atoms with Crippen molar-refractivity contribution in [3.8, 4) is 0 Å². The molecular formula is C14H18BrClN2. The van der Waals surface area contributed by atoms with Gasteiger partial charge in [0.05, 0.1) is 5.02 Å². The summed E-state index contributed by atoms with van der Waals surface area (Å²) < 4.78 is 0.987. The van der Waals surface area contributed by atoms with Crippen LogP contribution in [0.3, 0.4) is 0 Å². The number of nitrogens with zero attached hydrogens (tertiary/aromatic N) is 1. The van der Waals surface area contributed by atoms with Gasteiger partial charge in [-0.1, -0.05) is 11.6 Å². The van der Waals surface area contributed by atoms with Crippen LogP contribution in [0.1, 0.15) is 19.3 Å². The van der Waals surface area contributed by atoms with Gasteiger partial charge in [-0.3, -0.25) is 0 Å². The Balaban J connectivity index is 1.58. The SMILES string of the molecule is Clc1ccc(N2CCC(CNC3CC3)C2)cc1Br. The lowest BCUT2D eigenvalue weighted by molar-refractivity contribution is 0.515. The molecule has 1 aliphatic heterocycles. The molecular weight excluding hydrogens is 312 g/mol. The highest BCUT2D eigenvalue weighted by molar-refractivity contribution is 9.10. The molecule has 0 spiro atoms. The van der Waals surface area contributed by atoms with Gasteiger partial charge in [0.15, 0.2) is 0 Å². The highest BCUT2D eigenvalue weighted by Gasteiger charge is 2.26. The van der Waals surface area contributed by atoms with Crippen LogP contribution in [0.15, 0.2) is 22.7 Å². The second kappa shape index (κ2) is 5.40. The first-order valence-corrected chi connectivity index (χ1v) is 7.83. The van der Waals surface area contributed by atoms with Gasteiger partial charge in [-0.25, -0.2) is 0 Å².